The standard InChI is InChI=1S/C19H19Br2FN2O2/c1-12(19(25)23-17-6-5-15(21)10-16(17)22)24-7-8-26-18(11-24)13-3-2-4-14(20)9-13/h2-6,9-10,12,18H,7-8,11H2,1H3,(H,23,25). The zero-order chi connectivity index (χ0) is 18.7. The van der Waals surface area contributed by atoms with Crippen molar-refractivity contribution in [3.8, 4) is 0 Å². The molecule has 1 heterocycles. The molecule has 0 radical (unpaired) electrons. The van der Waals surface area contributed by atoms with Gasteiger partial charge in [0.15, 0.2) is 0 Å². The molecule has 7 heteroatoms. The molecule has 2 unspecified atom stereocenters. The van der Waals surface area contributed by atoms with Crippen LogP contribution in [0.1, 0.15) is 18.6 Å². The first-order chi connectivity index (χ1) is 12.4. The lowest BCUT2D eigenvalue weighted by atomic mass is 10.1. The summed E-state index contributed by atoms with van der Waals surface area (Å²) in [5.41, 5.74) is 1.25. The number of hydrogen-bond donors (Lipinski definition) is 1. The Labute approximate surface area is 169 Å². The molecule has 3 rings (SSSR count). The van der Waals surface area contributed by atoms with Gasteiger partial charge in [-0.15, -0.1) is 0 Å². The van der Waals surface area contributed by atoms with Gasteiger partial charge in [0.05, 0.1) is 24.4 Å². The van der Waals surface area contributed by atoms with Gasteiger partial charge >= 0.3 is 0 Å². The van der Waals surface area contributed by atoms with E-state index >= 15 is 0 Å². The highest BCUT2D eigenvalue weighted by atomic mass is 79.9. The first kappa shape index (κ1) is 19.5. The molecule has 138 valence electrons. The molecular formula is C19H19Br2FN2O2. The molecule has 1 aliphatic heterocycles. The number of benzene rings is 2. The van der Waals surface area contributed by atoms with Crippen LogP contribution in [0.15, 0.2) is 51.4 Å². The lowest BCUT2D eigenvalue weighted by Crippen LogP contribution is -2.48. The molecule has 2 aromatic carbocycles. The summed E-state index contributed by atoms with van der Waals surface area (Å²) >= 11 is 6.68. The Morgan fingerprint density at radius 1 is 1.27 bits per heavy atom. The molecule has 2 aromatic rings. The molecule has 2 atom stereocenters. The molecule has 1 fully saturated rings. The van der Waals surface area contributed by atoms with Crippen molar-refractivity contribution in [1.29, 1.82) is 0 Å². The highest BCUT2D eigenvalue weighted by Crippen LogP contribution is 2.26. The van der Waals surface area contributed by atoms with Crippen LogP contribution in [-0.4, -0.2) is 36.5 Å². The lowest BCUT2D eigenvalue weighted by molar-refractivity contribution is -0.124. The van der Waals surface area contributed by atoms with E-state index < -0.39 is 11.9 Å². The summed E-state index contributed by atoms with van der Waals surface area (Å²) in [6.07, 6.45) is -0.0964. The molecule has 0 saturated carbocycles. The SMILES string of the molecule is CC(C(=O)Nc1ccc(Br)cc1F)N1CCOC(c2cccc(Br)c2)C1. The number of nitrogens with one attached hydrogen (secondary N) is 1. The minimum Gasteiger partial charge on any atom is -0.371 e. The Balaban J connectivity index is 1.66. The Morgan fingerprint density at radius 2 is 2.04 bits per heavy atom. The topological polar surface area (TPSA) is 41.6 Å². The lowest BCUT2D eigenvalue weighted by Gasteiger charge is -2.36. The first-order valence-corrected chi connectivity index (χ1v) is 9.89. The number of hydrogen-bond acceptors (Lipinski definition) is 3. The van der Waals surface area contributed by atoms with Gasteiger partial charge < -0.3 is 10.1 Å². The van der Waals surface area contributed by atoms with Gasteiger partial charge in [0.2, 0.25) is 5.91 Å². The smallest absolute Gasteiger partial charge is 0.241 e. The van der Waals surface area contributed by atoms with Crippen LogP contribution in [-0.2, 0) is 9.53 Å². The van der Waals surface area contributed by atoms with Crippen molar-refractivity contribution in [3.05, 3.63) is 62.8 Å². The third-order valence-corrected chi connectivity index (χ3v) is 5.42. The van der Waals surface area contributed by atoms with Crippen molar-refractivity contribution in [3.63, 3.8) is 0 Å². The van der Waals surface area contributed by atoms with Crippen LogP contribution in [0.2, 0.25) is 0 Å². The molecule has 4 nitrogen and oxygen atoms in total. The minimum absolute atomic E-state index is 0.0964. The van der Waals surface area contributed by atoms with E-state index in [9.17, 15) is 9.18 Å². The predicted molar refractivity (Wildman–Crippen MR) is 107 cm³/mol. The Kier molecular flexibility index (Phi) is 6.45. The van der Waals surface area contributed by atoms with Crippen molar-refractivity contribution >= 4 is 43.5 Å². The maximum absolute atomic E-state index is 14.0. The average molecular weight is 486 g/mol. The minimum atomic E-state index is -0.464. The summed E-state index contributed by atoms with van der Waals surface area (Å²) < 4.78 is 21.4. The molecular weight excluding hydrogens is 467 g/mol. The molecule has 1 aliphatic rings. The highest BCUT2D eigenvalue weighted by Gasteiger charge is 2.29. The van der Waals surface area contributed by atoms with E-state index in [0.717, 1.165) is 10.0 Å². The summed E-state index contributed by atoms with van der Waals surface area (Å²) in [6.45, 7) is 3.63. The molecule has 0 aliphatic carbocycles. The van der Waals surface area contributed by atoms with Gasteiger partial charge in [-0.1, -0.05) is 44.0 Å². The molecule has 0 spiro atoms. The van der Waals surface area contributed by atoms with Crippen LogP contribution in [0.25, 0.3) is 0 Å². The normalized spacial score (nSPS) is 19.2. The Bertz CT molecular complexity index is 803. The largest absolute Gasteiger partial charge is 0.371 e. The average Bonchev–Trinajstić information content (AvgIpc) is 2.63. The molecule has 1 N–H and O–H groups in total. The number of carbonyl (C=O) groups is 1. The quantitative estimate of drug-likeness (QED) is 0.679. The van der Waals surface area contributed by atoms with Crippen LogP contribution >= 0.6 is 31.9 Å². The number of carbonyl (C=O) groups excluding carboxylic acids is 1. The maximum Gasteiger partial charge on any atom is 0.241 e. The second-order valence-electron chi connectivity index (χ2n) is 6.20. The third-order valence-electron chi connectivity index (χ3n) is 4.43. The van der Waals surface area contributed by atoms with Crippen molar-refractivity contribution in [2.24, 2.45) is 0 Å². The van der Waals surface area contributed by atoms with E-state index in [2.05, 4.69) is 42.1 Å². The molecule has 1 saturated heterocycles. The van der Waals surface area contributed by atoms with Crippen molar-refractivity contribution in [2.75, 3.05) is 25.0 Å². The van der Waals surface area contributed by atoms with Crippen LogP contribution in [0.4, 0.5) is 10.1 Å². The van der Waals surface area contributed by atoms with Gasteiger partial charge in [-0.05, 0) is 42.8 Å². The number of nitrogens with zero attached hydrogens (tertiary/aromatic N) is 1. The summed E-state index contributed by atoms with van der Waals surface area (Å²) in [5, 5.41) is 2.67. The molecule has 0 aromatic heterocycles. The molecule has 1 amide bonds. The second kappa shape index (κ2) is 8.61. The van der Waals surface area contributed by atoms with Crippen LogP contribution < -0.4 is 5.32 Å². The van der Waals surface area contributed by atoms with E-state index in [1.165, 1.54) is 6.07 Å². The zero-order valence-corrected chi connectivity index (χ0v) is 17.4. The summed E-state index contributed by atoms with van der Waals surface area (Å²) in [7, 11) is 0. The Hall–Kier alpha value is -1.28. The van der Waals surface area contributed by atoms with E-state index in [0.29, 0.717) is 24.2 Å². The number of halogens is 3. The number of rotatable bonds is 4. The molecule has 26 heavy (non-hydrogen) atoms. The third kappa shape index (κ3) is 4.71. The van der Waals surface area contributed by atoms with Gasteiger partial charge in [-0.3, -0.25) is 9.69 Å². The predicted octanol–water partition coefficient (Wildman–Crippen LogP) is 4.75. The van der Waals surface area contributed by atoms with Crippen LogP contribution in [0, 0.1) is 5.82 Å². The van der Waals surface area contributed by atoms with Gasteiger partial charge in [-0.2, -0.15) is 0 Å². The molecule has 0 bridgehead atoms. The van der Waals surface area contributed by atoms with Gasteiger partial charge in [-0.25, -0.2) is 4.39 Å². The van der Waals surface area contributed by atoms with Crippen molar-refractivity contribution < 1.29 is 13.9 Å². The van der Waals surface area contributed by atoms with E-state index in [-0.39, 0.29) is 17.7 Å². The summed E-state index contributed by atoms with van der Waals surface area (Å²) in [6, 6.07) is 12.2. The number of morpholine rings is 1. The van der Waals surface area contributed by atoms with Crippen LogP contribution in [0.5, 0.6) is 0 Å². The monoisotopic (exact) mass is 484 g/mol. The maximum atomic E-state index is 14.0. The zero-order valence-electron chi connectivity index (χ0n) is 14.2. The van der Waals surface area contributed by atoms with Gasteiger partial charge in [0.25, 0.3) is 0 Å². The number of anilines is 1. The fourth-order valence-electron chi connectivity index (χ4n) is 2.92. The van der Waals surface area contributed by atoms with Crippen LogP contribution in [0.3, 0.4) is 0 Å². The summed E-state index contributed by atoms with van der Waals surface area (Å²) in [4.78, 5) is 14.6. The van der Waals surface area contributed by atoms with E-state index in [1.807, 2.05) is 31.2 Å². The van der Waals surface area contributed by atoms with Crippen molar-refractivity contribution in [2.45, 2.75) is 19.1 Å². The number of ether oxygens (including phenoxy) is 1. The van der Waals surface area contributed by atoms with Gasteiger partial charge in [0, 0.05) is 22.0 Å². The highest BCUT2D eigenvalue weighted by molar-refractivity contribution is 9.10. The second-order valence-corrected chi connectivity index (χ2v) is 8.03. The van der Waals surface area contributed by atoms with Crippen molar-refractivity contribution in [1.82, 2.24) is 4.90 Å². The van der Waals surface area contributed by atoms with Gasteiger partial charge in [0.1, 0.15) is 5.82 Å². The number of amides is 1. The fourth-order valence-corrected chi connectivity index (χ4v) is 3.67. The first-order valence-electron chi connectivity index (χ1n) is 8.31. The fraction of sp³-hybridized carbons (Fsp3) is 0.316. The summed E-state index contributed by atoms with van der Waals surface area (Å²) in [5.74, 6) is -0.699. The van der Waals surface area contributed by atoms with E-state index in [1.54, 1.807) is 12.1 Å². The van der Waals surface area contributed by atoms with E-state index in [4.69, 9.17) is 4.74 Å². The Morgan fingerprint density at radius 3 is 2.77 bits per heavy atom.